The fourth-order valence-electron chi connectivity index (χ4n) is 3.90. The molecule has 0 spiro atoms. The van der Waals surface area contributed by atoms with Crippen LogP contribution in [0.15, 0.2) is 43.4 Å². The predicted octanol–water partition coefficient (Wildman–Crippen LogP) is 2.22. The molecule has 1 aromatic carbocycles. The van der Waals surface area contributed by atoms with Gasteiger partial charge >= 0.3 is 17.6 Å². The van der Waals surface area contributed by atoms with Crippen LogP contribution in [0.3, 0.4) is 0 Å². The summed E-state index contributed by atoms with van der Waals surface area (Å²) in [6.07, 6.45) is -3.36. The van der Waals surface area contributed by atoms with E-state index >= 15 is 0 Å². The SMILES string of the molecule is CCNC(=O)CC[C@H](CC(=O)c1cc2cc(Br)c(OC[C@H](O)[C@H]3OC(=O)C(O)=C3O)cc2oc1=O)C(=O)OCC. The average Bonchev–Trinajstić information content (AvgIpc) is 3.16. The molecule has 3 atom stereocenters. The molecule has 1 aliphatic rings. The molecule has 3 rings (SSSR count). The third kappa shape index (κ3) is 7.18. The van der Waals surface area contributed by atoms with Gasteiger partial charge in [0.25, 0.3) is 0 Å². The van der Waals surface area contributed by atoms with E-state index in [1.54, 1.807) is 13.8 Å². The second-order valence-electron chi connectivity index (χ2n) is 8.77. The van der Waals surface area contributed by atoms with E-state index in [9.17, 15) is 39.3 Å². The zero-order valence-electron chi connectivity index (χ0n) is 21.6. The standard InChI is InChI=1S/C26H28BrNO12/c1-3-28-20(31)6-5-12(24(34)37-4-2)9-16(29)14-7-13-8-15(27)19(10-18(13)39-25(14)35)38-11-17(30)23-21(32)22(33)26(36)40-23/h7-8,10,12,17,23,30,32-33H,3-6,9,11H2,1-2H3,(H,28,31)/t12-,17+,23-/m1/s1. The Bertz CT molecular complexity index is 1400. The van der Waals surface area contributed by atoms with Crippen LogP contribution in [0.2, 0.25) is 0 Å². The summed E-state index contributed by atoms with van der Waals surface area (Å²) in [5.74, 6) is -5.42. The molecule has 40 heavy (non-hydrogen) atoms. The van der Waals surface area contributed by atoms with Crippen LogP contribution in [-0.4, -0.2) is 70.9 Å². The molecule has 0 aliphatic carbocycles. The molecule has 2 aromatic rings. The Balaban J connectivity index is 1.76. The zero-order chi connectivity index (χ0) is 29.6. The summed E-state index contributed by atoms with van der Waals surface area (Å²) in [6.45, 7) is 3.40. The van der Waals surface area contributed by atoms with Gasteiger partial charge in [0.1, 0.15) is 29.6 Å². The lowest BCUT2D eigenvalue weighted by Gasteiger charge is -2.18. The van der Waals surface area contributed by atoms with Gasteiger partial charge < -0.3 is 39.3 Å². The molecule has 1 amide bonds. The normalized spacial score (nSPS) is 16.4. The molecule has 216 valence electrons. The number of carbonyl (C=O) groups is 4. The maximum Gasteiger partial charge on any atom is 0.377 e. The summed E-state index contributed by atoms with van der Waals surface area (Å²) in [7, 11) is 0. The van der Waals surface area contributed by atoms with Crippen molar-refractivity contribution in [3.8, 4) is 5.75 Å². The smallest absolute Gasteiger partial charge is 0.377 e. The first-order valence-corrected chi connectivity index (χ1v) is 13.1. The van der Waals surface area contributed by atoms with Crippen molar-refractivity contribution in [3.63, 3.8) is 0 Å². The Kier molecular flexibility index (Phi) is 10.3. The van der Waals surface area contributed by atoms with E-state index in [0.29, 0.717) is 16.4 Å². The van der Waals surface area contributed by atoms with Crippen LogP contribution in [0.4, 0.5) is 0 Å². The number of ether oxygens (including phenoxy) is 3. The number of Topliss-reactive ketones (excluding diaryl/α,β-unsaturated/α-hetero) is 1. The van der Waals surface area contributed by atoms with Crippen LogP contribution in [0, 0.1) is 5.92 Å². The number of benzene rings is 1. The first kappa shape index (κ1) is 30.6. The van der Waals surface area contributed by atoms with E-state index in [4.69, 9.17) is 13.9 Å². The Hall–Kier alpha value is -3.91. The number of cyclic esters (lactones) is 1. The van der Waals surface area contributed by atoms with Crippen LogP contribution in [0.5, 0.6) is 5.75 Å². The molecular formula is C26H28BrNO12. The van der Waals surface area contributed by atoms with Crippen LogP contribution in [-0.2, 0) is 23.9 Å². The van der Waals surface area contributed by atoms with E-state index in [-0.39, 0.29) is 48.7 Å². The number of esters is 2. The molecule has 14 heteroatoms. The molecule has 13 nitrogen and oxygen atoms in total. The minimum atomic E-state index is -1.54. The molecule has 2 heterocycles. The van der Waals surface area contributed by atoms with Crippen molar-refractivity contribution in [2.24, 2.45) is 5.92 Å². The van der Waals surface area contributed by atoms with Gasteiger partial charge in [0.15, 0.2) is 17.6 Å². The highest BCUT2D eigenvalue weighted by Crippen LogP contribution is 2.31. The highest BCUT2D eigenvalue weighted by atomic mass is 79.9. The predicted molar refractivity (Wildman–Crippen MR) is 141 cm³/mol. The van der Waals surface area contributed by atoms with Crippen molar-refractivity contribution < 1.29 is 53.1 Å². The molecular weight excluding hydrogens is 598 g/mol. The van der Waals surface area contributed by atoms with Crippen molar-refractivity contribution >= 4 is 50.5 Å². The summed E-state index contributed by atoms with van der Waals surface area (Å²) in [6, 6.07) is 4.12. The van der Waals surface area contributed by atoms with Gasteiger partial charge in [0.05, 0.1) is 17.0 Å². The molecule has 1 aromatic heterocycles. The van der Waals surface area contributed by atoms with Crippen LogP contribution < -0.4 is 15.7 Å². The van der Waals surface area contributed by atoms with Gasteiger partial charge in [-0.25, -0.2) is 9.59 Å². The van der Waals surface area contributed by atoms with Gasteiger partial charge in [-0.3, -0.25) is 14.4 Å². The second-order valence-corrected chi connectivity index (χ2v) is 9.63. The molecule has 1 aliphatic heterocycles. The molecule has 0 fully saturated rings. The molecule has 0 saturated heterocycles. The number of ketones is 1. The van der Waals surface area contributed by atoms with Gasteiger partial charge in [0.2, 0.25) is 11.7 Å². The summed E-state index contributed by atoms with van der Waals surface area (Å²) < 4.78 is 20.9. The van der Waals surface area contributed by atoms with Gasteiger partial charge in [-0.05, 0) is 48.3 Å². The Morgan fingerprint density at radius 1 is 1.15 bits per heavy atom. The number of rotatable bonds is 13. The van der Waals surface area contributed by atoms with Gasteiger partial charge in [-0.1, -0.05) is 0 Å². The molecule has 0 unspecified atom stereocenters. The lowest BCUT2D eigenvalue weighted by Crippen LogP contribution is -2.34. The third-order valence-electron chi connectivity index (χ3n) is 5.93. The topological polar surface area (TPSA) is 199 Å². The second kappa shape index (κ2) is 13.4. The highest BCUT2D eigenvalue weighted by molar-refractivity contribution is 9.10. The zero-order valence-corrected chi connectivity index (χ0v) is 23.2. The van der Waals surface area contributed by atoms with E-state index in [2.05, 4.69) is 26.0 Å². The van der Waals surface area contributed by atoms with E-state index < -0.39 is 59.6 Å². The number of hydrogen-bond donors (Lipinski definition) is 4. The fraction of sp³-hybridized carbons (Fsp3) is 0.423. The van der Waals surface area contributed by atoms with Crippen molar-refractivity contribution in [3.05, 3.63) is 50.2 Å². The van der Waals surface area contributed by atoms with E-state index in [1.165, 1.54) is 18.2 Å². The number of nitrogens with one attached hydrogen (secondary N) is 1. The maximum absolute atomic E-state index is 13.0. The van der Waals surface area contributed by atoms with Gasteiger partial charge in [-0.15, -0.1) is 0 Å². The molecule has 0 saturated carbocycles. The summed E-state index contributed by atoms with van der Waals surface area (Å²) >= 11 is 3.29. The molecule has 0 bridgehead atoms. The van der Waals surface area contributed by atoms with Crippen molar-refractivity contribution in [2.45, 2.75) is 45.3 Å². The van der Waals surface area contributed by atoms with Crippen LogP contribution in [0.1, 0.15) is 43.5 Å². The average molecular weight is 626 g/mol. The van der Waals surface area contributed by atoms with Crippen molar-refractivity contribution in [1.29, 1.82) is 0 Å². The minimum absolute atomic E-state index is 0.00158. The summed E-state index contributed by atoms with van der Waals surface area (Å²) in [5.41, 5.74) is -1.21. The van der Waals surface area contributed by atoms with Gasteiger partial charge in [-0.2, -0.15) is 0 Å². The largest absolute Gasteiger partial charge is 0.505 e. The monoisotopic (exact) mass is 625 g/mol. The number of aliphatic hydroxyl groups is 3. The first-order valence-electron chi connectivity index (χ1n) is 12.3. The van der Waals surface area contributed by atoms with E-state index in [1.807, 2.05) is 0 Å². The quantitative estimate of drug-likeness (QED) is 0.144. The van der Waals surface area contributed by atoms with Crippen molar-refractivity contribution in [1.82, 2.24) is 5.32 Å². The fourth-order valence-corrected chi connectivity index (χ4v) is 4.38. The maximum atomic E-state index is 13.0. The molecule has 4 N–H and O–H groups in total. The highest BCUT2D eigenvalue weighted by Gasteiger charge is 2.39. The lowest BCUT2D eigenvalue weighted by atomic mass is 9.94. The Morgan fingerprint density at radius 2 is 1.88 bits per heavy atom. The number of fused-ring (bicyclic) bond motifs is 1. The Morgan fingerprint density at radius 3 is 2.50 bits per heavy atom. The summed E-state index contributed by atoms with van der Waals surface area (Å²) in [5, 5.41) is 32.3. The number of aliphatic hydroxyl groups excluding tert-OH is 3. The minimum Gasteiger partial charge on any atom is -0.505 e. The van der Waals surface area contributed by atoms with Gasteiger partial charge in [0, 0.05) is 30.8 Å². The van der Waals surface area contributed by atoms with E-state index in [0.717, 1.165) is 0 Å². The lowest BCUT2D eigenvalue weighted by molar-refractivity contribution is -0.148. The Labute approximate surface area is 235 Å². The van der Waals surface area contributed by atoms with Crippen LogP contribution >= 0.6 is 15.9 Å². The van der Waals surface area contributed by atoms with Crippen LogP contribution in [0.25, 0.3) is 11.0 Å². The summed E-state index contributed by atoms with van der Waals surface area (Å²) in [4.78, 5) is 61.3. The number of carbonyl (C=O) groups excluding carboxylic acids is 4. The molecule has 0 radical (unpaired) electrons. The third-order valence-corrected chi connectivity index (χ3v) is 6.55. The van der Waals surface area contributed by atoms with Crippen molar-refractivity contribution in [2.75, 3.05) is 19.8 Å². The number of hydrogen-bond acceptors (Lipinski definition) is 12. The number of halogens is 1. The number of amides is 1. The first-order chi connectivity index (χ1) is 19.0.